The van der Waals surface area contributed by atoms with Gasteiger partial charge in [0, 0.05) is 5.33 Å². The van der Waals surface area contributed by atoms with Gasteiger partial charge in [-0.05, 0) is 29.5 Å². The molecule has 0 radical (unpaired) electrons. The molecule has 0 fully saturated rings. The van der Waals surface area contributed by atoms with Crippen LogP contribution in [0.1, 0.15) is 25.0 Å². The Kier molecular flexibility index (Phi) is 3.71. The first-order chi connectivity index (χ1) is 6.57. The molecule has 0 bridgehead atoms. The second-order valence-electron chi connectivity index (χ2n) is 4.29. The first-order valence-corrected chi connectivity index (χ1v) is 5.74. The van der Waals surface area contributed by atoms with E-state index < -0.39 is 0 Å². The second-order valence-corrected chi connectivity index (χ2v) is 4.85. The van der Waals surface area contributed by atoms with Crippen LogP contribution in [0, 0.1) is 16.7 Å². The number of benzene rings is 1. The fourth-order valence-corrected chi connectivity index (χ4v) is 1.55. The van der Waals surface area contributed by atoms with Crippen molar-refractivity contribution >= 4 is 15.9 Å². The number of nitrogens with zero attached hydrogens (tertiary/aromatic N) is 1. The molecule has 2 heteroatoms. The molecule has 1 aromatic carbocycles. The van der Waals surface area contributed by atoms with Crippen molar-refractivity contribution in [2.75, 3.05) is 5.33 Å². The number of nitriles is 1. The topological polar surface area (TPSA) is 23.8 Å². The van der Waals surface area contributed by atoms with Crippen LogP contribution in [-0.4, -0.2) is 5.33 Å². The number of halogens is 1. The fraction of sp³-hybridized carbons (Fsp3) is 0.417. The molecular weight excluding hydrogens is 238 g/mol. The molecule has 0 spiro atoms. The van der Waals surface area contributed by atoms with Crippen molar-refractivity contribution in [3.63, 3.8) is 0 Å². The van der Waals surface area contributed by atoms with Gasteiger partial charge >= 0.3 is 0 Å². The van der Waals surface area contributed by atoms with Crippen LogP contribution in [0.15, 0.2) is 24.3 Å². The normalized spacial score (nSPS) is 11.0. The molecule has 0 aliphatic rings. The van der Waals surface area contributed by atoms with Crippen molar-refractivity contribution in [3.05, 3.63) is 35.4 Å². The Morgan fingerprint density at radius 2 is 2.14 bits per heavy atom. The lowest BCUT2D eigenvalue weighted by molar-refractivity contribution is 0.425. The highest BCUT2D eigenvalue weighted by molar-refractivity contribution is 9.09. The molecule has 0 atom stereocenters. The predicted molar refractivity (Wildman–Crippen MR) is 62.4 cm³/mol. The van der Waals surface area contributed by atoms with Gasteiger partial charge in [0.2, 0.25) is 0 Å². The largest absolute Gasteiger partial charge is 0.192 e. The summed E-state index contributed by atoms with van der Waals surface area (Å²) < 4.78 is 0. The highest BCUT2D eigenvalue weighted by Gasteiger charge is 2.16. The Labute approximate surface area is 93.9 Å². The zero-order chi connectivity index (χ0) is 10.6. The van der Waals surface area contributed by atoms with Crippen molar-refractivity contribution in [2.45, 2.75) is 20.3 Å². The Morgan fingerprint density at radius 1 is 1.43 bits per heavy atom. The molecule has 0 N–H and O–H groups in total. The van der Waals surface area contributed by atoms with Gasteiger partial charge in [-0.15, -0.1) is 0 Å². The van der Waals surface area contributed by atoms with E-state index in [0.29, 0.717) is 0 Å². The molecular formula is C12H14BrN. The number of rotatable bonds is 3. The molecule has 0 saturated carbocycles. The van der Waals surface area contributed by atoms with Crippen LogP contribution < -0.4 is 0 Å². The van der Waals surface area contributed by atoms with E-state index in [0.717, 1.165) is 17.3 Å². The number of hydrogen-bond acceptors (Lipinski definition) is 1. The SMILES string of the molecule is CC(C)(CBr)Cc1cccc(C#N)c1. The third-order valence-corrected chi connectivity index (χ3v) is 3.62. The average molecular weight is 252 g/mol. The molecule has 0 aliphatic carbocycles. The van der Waals surface area contributed by atoms with E-state index in [4.69, 9.17) is 5.26 Å². The van der Waals surface area contributed by atoms with E-state index in [1.165, 1.54) is 5.56 Å². The van der Waals surface area contributed by atoms with Gasteiger partial charge < -0.3 is 0 Å². The predicted octanol–water partition coefficient (Wildman–Crippen LogP) is 3.52. The van der Waals surface area contributed by atoms with Crippen LogP contribution in [0.25, 0.3) is 0 Å². The molecule has 0 saturated heterocycles. The zero-order valence-corrected chi connectivity index (χ0v) is 10.1. The summed E-state index contributed by atoms with van der Waals surface area (Å²) in [5.74, 6) is 0. The van der Waals surface area contributed by atoms with Crippen molar-refractivity contribution in [1.29, 1.82) is 5.26 Å². The monoisotopic (exact) mass is 251 g/mol. The summed E-state index contributed by atoms with van der Waals surface area (Å²) in [5, 5.41) is 9.73. The smallest absolute Gasteiger partial charge is 0.0991 e. The van der Waals surface area contributed by atoms with E-state index in [1.54, 1.807) is 0 Å². The summed E-state index contributed by atoms with van der Waals surface area (Å²) in [6.45, 7) is 4.42. The van der Waals surface area contributed by atoms with Crippen molar-refractivity contribution in [3.8, 4) is 6.07 Å². The van der Waals surface area contributed by atoms with Gasteiger partial charge in [-0.2, -0.15) is 5.26 Å². The molecule has 0 aliphatic heterocycles. The van der Waals surface area contributed by atoms with Gasteiger partial charge in [-0.1, -0.05) is 41.9 Å². The molecule has 74 valence electrons. The first-order valence-electron chi connectivity index (χ1n) is 4.62. The van der Waals surface area contributed by atoms with Crippen LogP contribution in [-0.2, 0) is 6.42 Å². The lowest BCUT2D eigenvalue weighted by atomic mass is 9.88. The van der Waals surface area contributed by atoms with Gasteiger partial charge in [-0.3, -0.25) is 0 Å². The van der Waals surface area contributed by atoms with Crippen LogP contribution in [0.5, 0.6) is 0 Å². The maximum atomic E-state index is 8.76. The molecule has 14 heavy (non-hydrogen) atoms. The highest BCUT2D eigenvalue weighted by atomic mass is 79.9. The Hall–Kier alpha value is -0.810. The summed E-state index contributed by atoms with van der Waals surface area (Å²) in [6.07, 6.45) is 0.994. The summed E-state index contributed by atoms with van der Waals surface area (Å²) >= 11 is 3.50. The highest BCUT2D eigenvalue weighted by Crippen LogP contribution is 2.24. The molecule has 0 unspecified atom stereocenters. The van der Waals surface area contributed by atoms with Gasteiger partial charge in [0.25, 0.3) is 0 Å². The van der Waals surface area contributed by atoms with Crippen molar-refractivity contribution in [2.24, 2.45) is 5.41 Å². The zero-order valence-electron chi connectivity index (χ0n) is 8.55. The molecule has 1 nitrogen and oxygen atoms in total. The van der Waals surface area contributed by atoms with E-state index in [1.807, 2.05) is 18.2 Å². The molecule has 1 aromatic rings. The van der Waals surface area contributed by atoms with Crippen LogP contribution in [0.4, 0.5) is 0 Å². The molecule has 0 heterocycles. The van der Waals surface area contributed by atoms with Crippen LogP contribution in [0.2, 0.25) is 0 Å². The van der Waals surface area contributed by atoms with Crippen LogP contribution >= 0.6 is 15.9 Å². The van der Waals surface area contributed by atoms with Crippen molar-refractivity contribution in [1.82, 2.24) is 0 Å². The first kappa shape index (κ1) is 11.3. The Morgan fingerprint density at radius 3 is 2.71 bits per heavy atom. The minimum atomic E-state index is 0.244. The van der Waals surface area contributed by atoms with E-state index in [2.05, 4.69) is 41.9 Å². The van der Waals surface area contributed by atoms with Gasteiger partial charge in [0.05, 0.1) is 11.6 Å². The third-order valence-electron chi connectivity index (χ3n) is 2.10. The minimum Gasteiger partial charge on any atom is -0.192 e. The average Bonchev–Trinajstić information content (AvgIpc) is 2.17. The summed E-state index contributed by atoms with van der Waals surface area (Å²) in [6, 6.07) is 9.98. The Bertz CT molecular complexity index is 350. The van der Waals surface area contributed by atoms with Crippen molar-refractivity contribution < 1.29 is 0 Å². The summed E-state index contributed by atoms with van der Waals surface area (Å²) in [5.41, 5.74) is 2.22. The summed E-state index contributed by atoms with van der Waals surface area (Å²) in [4.78, 5) is 0. The lowest BCUT2D eigenvalue weighted by Gasteiger charge is -2.21. The third kappa shape index (κ3) is 3.16. The van der Waals surface area contributed by atoms with Gasteiger partial charge in [-0.25, -0.2) is 0 Å². The maximum absolute atomic E-state index is 8.76. The van der Waals surface area contributed by atoms with E-state index >= 15 is 0 Å². The van der Waals surface area contributed by atoms with E-state index in [-0.39, 0.29) is 5.41 Å². The standard InChI is InChI=1S/C12H14BrN/c1-12(2,9-13)7-10-4-3-5-11(6-10)8-14/h3-6H,7,9H2,1-2H3. The summed E-state index contributed by atoms with van der Waals surface area (Å²) in [7, 11) is 0. The molecule has 0 amide bonds. The fourth-order valence-electron chi connectivity index (χ4n) is 1.35. The second kappa shape index (κ2) is 4.61. The van der Waals surface area contributed by atoms with Gasteiger partial charge in [0.1, 0.15) is 0 Å². The van der Waals surface area contributed by atoms with Crippen LogP contribution in [0.3, 0.4) is 0 Å². The number of hydrogen-bond donors (Lipinski definition) is 0. The quantitative estimate of drug-likeness (QED) is 0.755. The lowest BCUT2D eigenvalue weighted by Crippen LogP contribution is -2.16. The molecule has 0 aromatic heterocycles. The Balaban J connectivity index is 2.83. The van der Waals surface area contributed by atoms with Gasteiger partial charge in [0.15, 0.2) is 0 Å². The number of alkyl halides is 1. The maximum Gasteiger partial charge on any atom is 0.0991 e. The minimum absolute atomic E-state index is 0.244. The van der Waals surface area contributed by atoms with E-state index in [9.17, 15) is 0 Å². The molecule has 1 rings (SSSR count).